The highest BCUT2D eigenvalue weighted by molar-refractivity contribution is 5.92. The van der Waals surface area contributed by atoms with E-state index in [9.17, 15) is 4.79 Å². The fourth-order valence-electron chi connectivity index (χ4n) is 4.00. The Kier molecular flexibility index (Phi) is 4.55. The lowest BCUT2D eigenvalue weighted by atomic mass is 10.1. The van der Waals surface area contributed by atoms with Crippen LogP contribution in [-0.2, 0) is 7.05 Å². The molecule has 1 unspecified atom stereocenters. The van der Waals surface area contributed by atoms with Crippen molar-refractivity contribution < 1.29 is 4.79 Å². The molecule has 1 saturated heterocycles. The van der Waals surface area contributed by atoms with Crippen LogP contribution in [0.25, 0.3) is 16.6 Å². The summed E-state index contributed by atoms with van der Waals surface area (Å²) in [5.74, 6) is -0.0449. The summed E-state index contributed by atoms with van der Waals surface area (Å²) < 4.78 is 3.48. The van der Waals surface area contributed by atoms with E-state index in [1.54, 1.807) is 16.9 Å². The average Bonchev–Trinajstić information content (AvgIpc) is 3.40. The molecule has 1 aromatic carbocycles. The van der Waals surface area contributed by atoms with E-state index in [0.717, 1.165) is 28.9 Å². The van der Waals surface area contributed by atoms with E-state index in [4.69, 9.17) is 0 Å². The Bertz CT molecular complexity index is 1200. The third-order valence-electron chi connectivity index (χ3n) is 5.73. The average molecular weight is 401 g/mol. The first-order valence-corrected chi connectivity index (χ1v) is 10.00. The number of likely N-dealkylation sites (N-methyl/N-ethyl adjacent to an activating group) is 1. The number of fused-ring (bicyclic) bond motifs is 1. The lowest BCUT2D eigenvalue weighted by molar-refractivity contribution is 0.0535. The molecule has 1 amide bonds. The largest absolute Gasteiger partial charge is 0.334 e. The molecular formula is C22H23N7O. The molecule has 0 radical (unpaired) electrons. The number of amides is 1. The Morgan fingerprint density at radius 1 is 1.00 bits per heavy atom. The van der Waals surface area contributed by atoms with Gasteiger partial charge in [0.25, 0.3) is 5.91 Å². The predicted octanol–water partition coefficient (Wildman–Crippen LogP) is 2.26. The zero-order valence-corrected chi connectivity index (χ0v) is 17.0. The molecule has 152 valence electrons. The molecule has 0 spiro atoms. The summed E-state index contributed by atoms with van der Waals surface area (Å²) in [5, 5.41) is 13.1. The Balaban J connectivity index is 1.44. The number of piperazine rings is 1. The first-order valence-electron chi connectivity index (χ1n) is 10.00. The summed E-state index contributed by atoms with van der Waals surface area (Å²) in [5.41, 5.74) is 4.54. The highest BCUT2D eigenvalue weighted by atomic mass is 16.2. The third kappa shape index (κ3) is 3.25. The van der Waals surface area contributed by atoms with Crippen molar-refractivity contribution in [3.8, 4) is 11.1 Å². The molecule has 4 heterocycles. The number of hydrogen-bond acceptors (Lipinski definition) is 5. The normalized spacial score (nSPS) is 17.5. The van der Waals surface area contributed by atoms with Gasteiger partial charge in [-0.2, -0.15) is 5.10 Å². The Hall–Kier alpha value is -3.52. The van der Waals surface area contributed by atoms with Gasteiger partial charge in [0, 0.05) is 44.6 Å². The molecule has 0 saturated carbocycles. The van der Waals surface area contributed by atoms with Crippen molar-refractivity contribution in [1.29, 1.82) is 0 Å². The maximum Gasteiger partial charge on any atom is 0.274 e. The molecule has 0 aliphatic carbocycles. The van der Waals surface area contributed by atoms with Gasteiger partial charge in [0.1, 0.15) is 11.4 Å². The zero-order chi connectivity index (χ0) is 20.7. The van der Waals surface area contributed by atoms with Crippen molar-refractivity contribution in [2.24, 2.45) is 7.05 Å². The lowest BCUT2D eigenvalue weighted by Gasteiger charge is -2.38. The van der Waals surface area contributed by atoms with E-state index >= 15 is 0 Å². The predicted molar refractivity (Wildman–Crippen MR) is 113 cm³/mol. The lowest BCUT2D eigenvalue weighted by Crippen LogP contribution is -2.49. The number of aromatic nitrogens is 5. The zero-order valence-electron chi connectivity index (χ0n) is 17.0. The quantitative estimate of drug-likeness (QED) is 0.527. The van der Waals surface area contributed by atoms with Crippen molar-refractivity contribution in [3.63, 3.8) is 0 Å². The van der Waals surface area contributed by atoms with Crippen LogP contribution >= 0.6 is 0 Å². The Morgan fingerprint density at radius 2 is 1.83 bits per heavy atom. The first kappa shape index (κ1) is 18.5. The minimum absolute atomic E-state index is 0.0218. The molecule has 3 aromatic heterocycles. The van der Waals surface area contributed by atoms with E-state index in [-0.39, 0.29) is 11.9 Å². The standard InChI is InChI=1S/C22H23N7O/c1-26-12-13-28(22(30)18-10-11-27(2)24-18)15-20(26)21-19-9-8-17(14-29(19)25-23-21)16-6-4-3-5-7-16/h3-11,14,20H,12-13,15H2,1-2H3. The molecule has 1 fully saturated rings. The van der Waals surface area contributed by atoms with Crippen molar-refractivity contribution in [3.05, 3.63) is 72.3 Å². The number of hydrogen-bond donors (Lipinski definition) is 0. The maximum absolute atomic E-state index is 12.9. The fourth-order valence-corrected chi connectivity index (χ4v) is 4.00. The number of benzene rings is 1. The molecule has 1 aliphatic heterocycles. The van der Waals surface area contributed by atoms with Crippen LogP contribution in [0.2, 0.25) is 0 Å². The first-order chi connectivity index (χ1) is 14.6. The minimum atomic E-state index is -0.0449. The number of pyridine rings is 1. The molecule has 4 aromatic rings. The molecule has 8 heteroatoms. The number of nitrogens with zero attached hydrogens (tertiary/aromatic N) is 7. The number of rotatable bonds is 3. The van der Waals surface area contributed by atoms with Gasteiger partial charge in [0.05, 0.1) is 11.6 Å². The number of aryl methyl sites for hydroxylation is 1. The van der Waals surface area contributed by atoms with Crippen LogP contribution in [0.3, 0.4) is 0 Å². The van der Waals surface area contributed by atoms with Gasteiger partial charge < -0.3 is 4.90 Å². The smallest absolute Gasteiger partial charge is 0.274 e. The summed E-state index contributed by atoms with van der Waals surface area (Å²) in [6.45, 7) is 1.99. The van der Waals surface area contributed by atoms with Gasteiger partial charge in [-0.3, -0.25) is 14.4 Å². The molecule has 5 rings (SSSR count). The fraction of sp³-hybridized carbons (Fsp3) is 0.273. The molecule has 0 bridgehead atoms. The SMILES string of the molecule is CN1CCN(C(=O)c2ccn(C)n2)CC1c1nnn2cc(-c3ccccc3)ccc12. The molecule has 8 nitrogen and oxygen atoms in total. The van der Waals surface area contributed by atoms with Crippen molar-refractivity contribution in [2.45, 2.75) is 6.04 Å². The second-order valence-electron chi connectivity index (χ2n) is 7.71. The molecule has 1 aliphatic rings. The van der Waals surface area contributed by atoms with E-state index in [1.807, 2.05) is 40.9 Å². The Morgan fingerprint density at radius 3 is 2.60 bits per heavy atom. The van der Waals surface area contributed by atoms with Gasteiger partial charge in [-0.05, 0) is 24.7 Å². The van der Waals surface area contributed by atoms with E-state index in [1.165, 1.54) is 0 Å². The van der Waals surface area contributed by atoms with Gasteiger partial charge in [-0.15, -0.1) is 5.10 Å². The number of carbonyl (C=O) groups is 1. The van der Waals surface area contributed by atoms with E-state index < -0.39 is 0 Å². The van der Waals surface area contributed by atoms with Crippen LogP contribution < -0.4 is 0 Å². The van der Waals surface area contributed by atoms with Crippen LogP contribution in [-0.4, -0.2) is 67.0 Å². The second kappa shape index (κ2) is 7.38. The molecule has 0 N–H and O–H groups in total. The van der Waals surface area contributed by atoms with Crippen LogP contribution in [0, 0.1) is 0 Å². The summed E-state index contributed by atoms with van der Waals surface area (Å²) in [6, 6.07) is 16.1. The summed E-state index contributed by atoms with van der Waals surface area (Å²) in [4.78, 5) is 17.0. The number of carbonyl (C=O) groups excluding carboxylic acids is 1. The monoisotopic (exact) mass is 401 g/mol. The van der Waals surface area contributed by atoms with Gasteiger partial charge in [-0.25, -0.2) is 4.52 Å². The summed E-state index contributed by atoms with van der Waals surface area (Å²) in [6.07, 6.45) is 3.79. The second-order valence-corrected chi connectivity index (χ2v) is 7.71. The highest BCUT2D eigenvalue weighted by Gasteiger charge is 2.32. The topological polar surface area (TPSA) is 71.6 Å². The Labute approximate surface area is 174 Å². The summed E-state index contributed by atoms with van der Waals surface area (Å²) >= 11 is 0. The van der Waals surface area contributed by atoms with Crippen molar-refractivity contribution >= 4 is 11.4 Å². The molecule has 1 atom stereocenters. The summed E-state index contributed by atoms with van der Waals surface area (Å²) in [7, 11) is 3.88. The van der Waals surface area contributed by atoms with Crippen molar-refractivity contribution in [1.82, 2.24) is 34.4 Å². The van der Waals surface area contributed by atoms with Crippen molar-refractivity contribution in [2.75, 3.05) is 26.7 Å². The van der Waals surface area contributed by atoms with E-state index in [2.05, 4.69) is 51.6 Å². The van der Waals surface area contributed by atoms with Crippen LogP contribution in [0.1, 0.15) is 22.2 Å². The van der Waals surface area contributed by atoms with E-state index in [0.29, 0.717) is 18.8 Å². The highest BCUT2D eigenvalue weighted by Crippen LogP contribution is 2.28. The van der Waals surface area contributed by atoms with Crippen LogP contribution in [0.15, 0.2) is 60.9 Å². The van der Waals surface area contributed by atoms with Gasteiger partial charge in [-0.1, -0.05) is 41.6 Å². The van der Waals surface area contributed by atoms with Crippen LogP contribution in [0.4, 0.5) is 0 Å². The van der Waals surface area contributed by atoms with Gasteiger partial charge >= 0.3 is 0 Å². The van der Waals surface area contributed by atoms with Gasteiger partial charge in [0.2, 0.25) is 0 Å². The molecular weight excluding hydrogens is 378 g/mol. The molecule has 30 heavy (non-hydrogen) atoms. The third-order valence-corrected chi connectivity index (χ3v) is 5.73. The maximum atomic E-state index is 12.9. The minimum Gasteiger partial charge on any atom is -0.334 e. The van der Waals surface area contributed by atoms with Crippen LogP contribution in [0.5, 0.6) is 0 Å². The van der Waals surface area contributed by atoms with Gasteiger partial charge in [0.15, 0.2) is 0 Å².